The number of benzene rings is 2. The zero-order chi connectivity index (χ0) is 22.7. The second kappa shape index (κ2) is 7.50. The zero-order valence-electron chi connectivity index (χ0n) is 16.8. The molecular weight excluding hydrogens is 510 g/mol. The maximum atomic E-state index is 13.6. The smallest absolute Gasteiger partial charge is 0.294 e. The maximum Gasteiger partial charge on any atom is 0.294 e. The Morgan fingerprint density at radius 1 is 1.09 bits per heavy atom. The van der Waals surface area contributed by atoms with Gasteiger partial charge in [-0.25, -0.2) is 0 Å². The Balaban J connectivity index is 1.47. The lowest BCUT2D eigenvalue weighted by molar-refractivity contribution is -0.117. The van der Waals surface area contributed by atoms with Crippen LogP contribution in [0.2, 0.25) is 0 Å². The first kappa shape index (κ1) is 20.1. The van der Waals surface area contributed by atoms with Crippen LogP contribution in [0.5, 0.6) is 11.5 Å². The molecule has 0 saturated carbocycles. The number of ether oxygens (including phenoxy) is 2. The summed E-state index contributed by atoms with van der Waals surface area (Å²) in [7, 11) is 0. The summed E-state index contributed by atoms with van der Waals surface area (Å²) in [5.74, 6) is -0.708. The highest BCUT2D eigenvalue weighted by atomic mass is 79.9. The molecule has 2 aliphatic rings. The van der Waals surface area contributed by atoms with E-state index in [1.807, 2.05) is 29.6 Å². The molecule has 4 aromatic rings. The second-order valence-corrected chi connectivity index (χ2v) is 9.41. The summed E-state index contributed by atoms with van der Waals surface area (Å²) < 4.78 is 17.4. The van der Waals surface area contributed by atoms with Crippen molar-refractivity contribution in [2.45, 2.75) is 6.04 Å². The van der Waals surface area contributed by atoms with Gasteiger partial charge in [-0.1, -0.05) is 22.0 Å². The Labute approximate surface area is 199 Å². The van der Waals surface area contributed by atoms with Crippen LogP contribution >= 0.6 is 27.3 Å². The number of carbonyl (C=O) groups excluding carboxylic acids is 2. The Morgan fingerprint density at radius 2 is 1.94 bits per heavy atom. The van der Waals surface area contributed by atoms with Gasteiger partial charge >= 0.3 is 0 Å². The summed E-state index contributed by atoms with van der Waals surface area (Å²) in [6.07, 6.45) is 0. The van der Waals surface area contributed by atoms with Crippen LogP contribution in [0.15, 0.2) is 80.2 Å². The highest BCUT2D eigenvalue weighted by Gasteiger charge is 2.46. The van der Waals surface area contributed by atoms with Gasteiger partial charge in [0.15, 0.2) is 23.0 Å². The molecule has 0 radical (unpaired) electrons. The fraction of sp³-hybridized carbons (Fsp3) is 0.0833. The number of Topliss-reactive ketones (excluding diaryl/α,β-unsaturated/α-hetero) is 1. The molecule has 1 N–H and O–H groups in total. The van der Waals surface area contributed by atoms with Crippen molar-refractivity contribution in [1.29, 1.82) is 0 Å². The minimum absolute atomic E-state index is 0.0294. The van der Waals surface area contributed by atoms with Crippen LogP contribution in [0.1, 0.15) is 21.5 Å². The van der Waals surface area contributed by atoms with Crippen molar-refractivity contribution in [3.05, 3.63) is 86.4 Å². The predicted octanol–water partition coefficient (Wildman–Crippen LogP) is 5.77. The van der Waals surface area contributed by atoms with E-state index in [4.69, 9.17) is 13.9 Å². The minimum atomic E-state index is -0.815. The molecule has 6 rings (SSSR count). The first-order valence-corrected chi connectivity index (χ1v) is 11.6. The largest absolute Gasteiger partial charge is 0.503 e. The third-order valence-electron chi connectivity index (χ3n) is 5.60. The molecule has 2 aliphatic heterocycles. The number of ketones is 1. The van der Waals surface area contributed by atoms with E-state index in [1.54, 1.807) is 30.3 Å². The van der Waals surface area contributed by atoms with Crippen LogP contribution in [0, 0.1) is 0 Å². The van der Waals surface area contributed by atoms with E-state index in [2.05, 4.69) is 15.9 Å². The SMILES string of the molecule is O=C(C1=C(O)C(=O)N(c2ccc3c(c2)OCO3)C1c1cccs1)c1cc2cc(Br)ccc2o1. The quantitative estimate of drug-likeness (QED) is 0.341. The van der Waals surface area contributed by atoms with Gasteiger partial charge in [0.05, 0.1) is 5.57 Å². The molecule has 4 heterocycles. The molecule has 9 heteroatoms. The number of carbonyl (C=O) groups is 2. The van der Waals surface area contributed by atoms with E-state index in [0.29, 0.717) is 22.8 Å². The molecule has 2 aromatic heterocycles. The normalized spacial score (nSPS) is 17.4. The van der Waals surface area contributed by atoms with Crippen molar-refractivity contribution in [3.63, 3.8) is 0 Å². The van der Waals surface area contributed by atoms with Crippen LogP contribution in [0.4, 0.5) is 5.69 Å². The molecule has 1 unspecified atom stereocenters. The average Bonchev–Trinajstić information content (AvgIpc) is 3.59. The summed E-state index contributed by atoms with van der Waals surface area (Å²) in [6.45, 7) is 0.0937. The molecule has 33 heavy (non-hydrogen) atoms. The molecule has 0 saturated heterocycles. The summed E-state index contributed by atoms with van der Waals surface area (Å²) in [5, 5.41) is 13.5. The number of halogens is 1. The highest BCUT2D eigenvalue weighted by Crippen LogP contribution is 2.46. The standard InChI is InChI=1S/C24H14BrNO6S/c25-13-3-5-15-12(8-13)9-18(32-15)22(27)20-21(19-2-1-7-33-19)26(24(29)23(20)28)14-4-6-16-17(10-14)31-11-30-16/h1-10,21,28H,11H2. The van der Waals surface area contributed by atoms with Crippen LogP contribution in [-0.4, -0.2) is 23.6 Å². The number of thiophene rings is 1. The second-order valence-electron chi connectivity index (χ2n) is 7.51. The van der Waals surface area contributed by atoms with Crippen molar-refractivity contribution in [2.75, 3.05) is 11.7 Å². The Bertz CT molecular complexity index is 1470. The summed E-state index contributed by atoms with van der Waals surface area (Å²) in [6, 6.07) is 14.9. The summed E-state index contributed by atoms with van der Waals surface area (Å²) >= 11 is 4.80. The molecule has 0 aliphatic carbocycles. The fourth-order valence-electron chi connectivity index (χ4n) is 4.11. The Hall–Kier alpha value is -3.56. The number of hydrogen-bond acceptors (Lipinski definition) is 7. The number of furan rings is 1. The van der Waals surface area contributed by atoms with Crippen molar-refractivity contribution in [3.8, 4) is 11.5 Å². The first-order valence-electron chi connectivity index (χ1n) is 9.95. The topological polar surface area (TPSA) is 89.2 Å². The number of fused-ring (bicyclic) bond motifs is 2. The first-order chi connectivity index (χ1) is 16.0. The number of aliphatic hydroxyl groups excluding tert-OH is 1. The van der Waals surface area contributed by atoms with Gasteiger partial charge in [0.2, 0.25) is 12.6 Å². The minimum Gasteiger partial charge on any atom is -0.503 e. The van der Waals surface area contributed by atoms with Crippen molar-refractivity contribution < 1.29 is 28.6 Å². The number of amides is 1. The Morgan fingerprint density at radius 3 is 2.76 bits per heavy atom. The van der Waals surface area contributed by atoms with Crippen molar-refractivity contribution in [1.82, 2.24) is 0 Å². The Kier molecular flexibility index (Phi) is 4.56. The summed E-state index contributed by atoms with van der Waals surface area (Å²) in [5.41, 5.74) is 0.982. The zero-order valence-corrected chi connectivity index (χ0v) is 19.2. The van der Waals surface area contributed by atoms with E-state index in [9.17, 15) is 14.7 Å². The third-order valence-corrected chi connectivity index (χ3v) is 7.02. The van der Waals surface area contributed by atoms with Gasteiger partial charge in [0, 0.05) is 26.5 Å². The van der Waals surface area contributed by atoms with Gasteiger partial charge in [0.1, 0.15) is 11.6 Å². The molecule has 0 fully saturated rings. The predicted molar refractivity (Wildman–Crippen MR) is 125 cm³/mol. The molecule has 1 atom stereocenters. The van der Waals surface area contributed by atoms with Gasteiger partial charge in [-0.15, -0.1) is 11.3 Å². The molecule has 0 bridgehead atoms. The van der Waals surface area contributed by atoms with Crippen molar-refractivity contribution in [2.24, 2.45) is 0 Å². The monoisotopic (exact) mass is 523 g/mol. The van der Waals surface area contributed by atoms with Gasteiger partial charge in [0.25, 0.3) is 5.91 Å². The number of nitrogens with zero attached hydrogens (tertiary/aromatic N) is 1. The lowest BCUT2D eigenvalue weighted by Crippen LogP contribution is -2.30. The van der Waals surface area contributed by atoms with E-state index >= 15 is 0 Å². The molecule has 1 amide bonds. The molecule has 0 spiro atoms. The van der Waals surface area contributed by atoms with Gasteiger partial charge < -0.3 is 19.0 Å². The van der Waals surface area contributed by atoms with Gasteiger partial charge in [-0.05, 0) is 47.8 Å². The molecule has 7 nitrogen and oxygen atoms in total. The van der Waals surface area contributed by atoms with E-state index in [1.165, 1.54) is 16.2 Å². The highest BCUT2D eigenvalue weighted by molar-refractivity contribution is 9.10. The average molecular weight is 524 g/mol. The third kappa shape index (κ3) is 3.15. The number of rotatable bonds is 4. The lowest BCUT2D eigenvalue weighted by Gasteiger charge is -2.25. The van der Waals surface area contributed by atoms with Crippen LogP contribution < -0.4 is 14.4 Å². The van der Waals surface area contributed by atoms with Crippen LogP contribution in [0.25, 0.3) is 11.0 Å². The van der Waals surface area contributed by atoms with Gasteiger partial charge in [-0.2, -0.15) is 0 Å². The number of aliphatic hydroxyl groups is 1. The number of hydrogen-bond donors (Lipinski definition) is 1. The van der Waals surface area contributed by atoms with Gasteiger partial charge in [-0.3, -0.25) is 14.5 Å². The van der Waals surface area contributed by atoms with Crippen LogP contribution in [0.3, 0.4) is 0 Å². The lowest BCUT2D eigenvalue weighted by atomic mass is 10.00. The van der Waals surface area contributed by atoms with Crippen LogP contribution in [-0.2, 0) is 4.79 Å². The summed E-state index contributed by atoms with van der Waals surface area (Å²) in [4.78, 5) is 28.9. The van der Waals surface area contributed by atoms with Crippen molar-refractivity contribution >= 4 is 55.6 Å². The van der Waals surface area contributed by atoms with E-state index < -0.39 is 23.5 Å². The molecule has 2 aromatic carbocycles. The molecular formula is C24H14BrNO6S. The van der Waals surface area contributed by atoms with E-state index in [-0.39, 0.29) is 18.1 Å². The number of anilines is 1. The fourth-order valence-corrected chi connectivity index (χ4v) is 5.32. The maximum absolute atomic E-state index is 13.6. The molecule has 164 valence electrons. The van der Waals surface area contributed by atoms with E-state index in [0.717, 1.165) is 14.7 Å².